The van der Waals surface area contributed by atoms with Crippen LogP contribution in [-0.4, -0.2) is 103 Å². The van der Waals surface area contributed by atoms with Crippen LogP contribution >= 0.6 is 0 Å². The van der Waals surface area contributed by atoms with Crippen molar-refractivity contribution < 1.29 is 38.4 Å². The van der Waals surface area contributed by atoms with Gasteiger partial charge in [-0.05, 0) is 119 Å². The molecular weight excluding hydrogens is 807 g/mol. The molecule has 5 amide bonds. The molecule has 0 aromatic heterocycles. The number of nitrogens with one attached hydrogen (secondary N) is 5. The number of amides is 5. The van der Waals surface area contributed by atoms with Gasteiger partial charge in [-0.3, -0.25) is 24.0 Å². The molecule has 2 bridgehead atoms. The second-order valence-corrected chi connectivity index (χ2v) is 18.1. The van der Waals surface area contributed by atoms with Crippen molar-refractivity contribution >= 4 is 42.3 Å². The minimum absolute atomic E-state index is 0.00492. The Balaban J connectivity index is 1.16. The van der Waals surface area contributed by atoms with Crippen molar-refractivity contribution in [3.63, 3.8) is 0 Å². The smallest absolute Gasteiger partial charge is 0.403 e. The summed E-state index contributed by atoms with van der Waals surface area (Å²) >= 11 is 0. The maximum atomic E-state index is 13.6. The molecule has 2 unspecified atom stereocenters. The monoisotopic (exact) mass is 877 g/mol. The van der Waals surface area contributed by atoms with Gasteiger partial charge in [0, 0.05) is 16.8 Å². The van der Waals surface area contributed by atoms with Crippen LogP contribution in [0.15, 0.2) is 42.5 Å². The molecule has 6 rings (SSSR count). The molecule has 19 heteroatoms. The Bertz CT molecular complexity index is 1940. The minimum Gasteiger partial charge on any atom is -0.403 e. The van der Waals surface area contributed by atoms with Crippen molar-refractivity contribution in [1.82, 2.24) is 26.6 Å². The van der Waals surface area contributed by atoms with Crippen molar-refractivity contribution in [3.05, 3.63) is 53.6 Å². The van der Waals surface area contributed by atoms with Gasteiger partial charge in [0.2, 0.25) is 17.7 Å². The quantitative estimate of drug-likeness (QED) is 0.0328. The van der Waals surface area contributed by atoms with Gasteiger partial charge in [-0.1, -0.05) is 57.5 Å². The van der Waals surface area contributed by atoms with Gasteiger partial charge >= 0.3 is 7.12 Å². The number of anilines is 1. The molecule has 3 aliphatic carbocycles. The molecule has 63 heavy (non-hydrogen) atoms. The molecule has 2 aromatic carbocycles. The largest absolute Gasteiger partial charge is 0.497 e. The Morgan fingerprint density at radius 3 is 2.13 bits per heavy atom. The number of nitrogens with two attached hydrogens (primary N) is 5. The molecule has 1 heterocycles. The summed E-state index contributed by atoms with van der Waals surface area (Å²) in [5.74, 6) is -3.16. The lowest BCUT2D eigenvalue weighted by Gasteiger charge is -2.64. The Hall–Kier alpha value is -4.63. The fraction of sp³-hybridized carbons (Fsp3) is 0.614. The van der Waals surface area contributed by atoms with Gasteiger partial charge in [-0.15, -0.1) is 0 Å². The maximum absolute atomic E-state index is 13.6. The van der Waals surface area contributed by atoms with Gasteiger partial charge in [0.15, 0.2) is 6.17 Å². The average molecular weight is 877 g/mol. The minimum atomic E-state index is -1.71. The van der Waals surface area contributed by atoms with Gasteiger partial charge < -0.3 is 69.7 Å². The van der Waals surface area contributed by atoms with E-state index in [1.807, 2.05) is 19.1 Å². The van der Waals surface area contributed by atoms with Crippen LogP contribution in [0.25, 0.3) is 11.1 Å². The topological polar surface area (TPSA) is 314 Å². The first-order valence-corrected chi connectivity index (χ1v) is 22.3. The highest BCUT2D eigenvalue weighted by molar-refractivity contribution is 6.47. The summed E-state index contributed by atoms with van der Waals surface area (Å²) in [4.78, 5) is 67.3. The number of aliphatic hydroxyl groups is 1. The first kappa shape index (κ1) is 49.4. The standard InChI is InChI=1S/C44H69BN10O8/c1-6-7-10-25-12-14-26(15-13-25)29-17-16-27(21-30(29)48)37(57)51-32(18-20-47)38(58)53-35(24(2)56)40(60)54-36(49)41(61)52-31(11-8-9-19-46)39(59)55-42(50)45-62-34-23-28-22-33(43(28,3)4)44(34,5)63-45/h12-17,21,24,28,31-36,42,56H,6-11,18-20,22-23,46-50H2,1-5H3,(H,51,57)(H,52,61)(H,53,58)(H,54,60)(H,55,59)/t24?,28-,31-,32-,33-,34?,35-,36+,42+,44-/m0/s1. The van der Waals surface area contributed by atoms with E-state index in [4.69, 9.17) is 38.0 Å². The van der Waals surface area contributed by atoms with Crippen molar-refractivity contribution in [3.8, 4) is 11.1 Å². The fourth-order valence-electron chi connectivity index (χ4n) is 9.25. The lowest BCUT2D eigenvalue weighted by atomic mass is 9.43. The molecular formula is C44H69BN10O8. The van der Waals surface area contributed by atoms with E-state index in [9.17, 15) is 29.1 Å². The second-order valence-electron chi connectivity index (χ2n) is 18.1. The summed E-state index contributed by atoms with van der Waals surface area (Å²) < 4.78 is 12.6. The molecule has 4 aliphatic rings. The van der Waals surface area contributed by atoms with Gasteiger partial charge in [0.25, 0.3) is 11.8 Å². The van der Waals surface area contributed by atoms with E-state index in [1.165, 1.54) is 18.6 Å². The van der Waals surface area contributed by atoms with E-state index in [1.54, 1.807) is 12.1 Å². The third-order valence-electron chi connectivity index (χ3n) is 13.3. The van der Waals surface area contributed by atoms with E-state index in [0.29, 0.717) is 31.0 Å². The van der Waals surface area contributed by atoms with Crippen LogP contribution < -0.4 is 55.3 Å². The summed E-state index contributed by atoms with van der Waals surface area (Å²) in [6.45, 7) is 10.3. The van der Waals surface area contributed by atoms with Crippen LogP contribution in [-0.2, 0) is 34.9 Å². The third-order valence-corrected chi connectivity index (χ3v) is 13.3. The van der Waals surface area contributed by atoms with Gasteiger partial charge in [-0.2, -0.15) is 0 Å². The Labute approximate surface area is 370 Å². The number of hydrogen-bond donors (Lipinski definition) is 11. The number of nitrogen functional groups attached to an aromatic ring is 1. The maximum Gasteiger partial charge on any atom is 0.497 e. The predicted molar refractivity (Wildman–Crippen MR) is 241 cm³/mol. The van der Waals surface area contributed by atoms with Crippen molar-refractivity contribution in [2.45, 2.75) is 141 Å². The molecule has 10 atom stereocenters. The highest BCUT2D eigenvalue weighted by Crippen LogP contribution is 2.65. The molecule has 346 valence electrons. The SMILES string of the molecule is CCCCc1ccc(-c2ccc(C(=O)N[C@@H](CCN)C(=O)N[C@H](C(=O)N[C@@H](N)C(=O)N[C@@H](CCCCN)C(=O)N[C@@H](N)B3OC4C[C@@H]5C[C@@H](C5(C)C)[C@]4(C)O3)C(C)O)cc2N)cc1. The molecule has 3 saturated carbocycles. The van der Waals surface area contributed by atoms with Gasteiger partial charge in [-0.25, -0.2) is 0 Å². The number of rotatable bonds is 22. The zero-order valence-electron chi connectivity index (χ0n) is 37.3. The normalized spacial score (nSPS) is 23.7. The molecule has 0 radical (unpaired) electrons. The Kier molecular flexibility index (Phi) is 16.8. The van der Waals surface area contributed by atoms with E-state index in [0.717, 1.165) is 43.2 Å². The summed E-state index contributed by atoms with van der Waals surface area (Å²) in [6, 6.07) is 7.93. The van der Waals surface area contributed by atoms with E-state index in [2.05, 4.69) is 59.5 Å². The summed E-state index contributed by atoms with van der Waals surface area (Å²) in [5.41, 5.74) is 33.3. The highest BCUT2D eigenvalue weighted by Gasteiger charge is 2.68. The van der Waals surface area contributed by atoms with Gasteiger partial charge in [0.05, 0.1) is 17.8 Å². The fourth-order valence-corrected chi connectivity index (χ4v) is 9.25. The first-order chi connectivity index (χ1) is 29.8. The second kappa shape index (κ2) is 21.4. The third kappa shape index (κ3) is 11.6. The molecule has 4 fully saturated rings. The van der Waals surface area contributed by atoms with E-state index < -0.39 is 78.7 Å². The van der Waals surface area contributed by atoms with Crippen molar-refractivity contribution in [2.24, 2.45) is 40.2 Å². The molecule has 1 aliphatic heterocycles. The number of benzene rings is 2. The van der Waals surface area contributed by atoms with Crippen molar-refractivity contribution in [1.29, 1.82) is 0 Å². The van der Waals surface area contributed by atoms with Crippen LogP contribution in [0, 0.1) is 17.3 Å². The predicted octanol–water partition coefficient (Wildman–Crippen LogP) is 0.274. The molecule has 0 spiro atoms. The Morgan fingerprint density at radius 1 is 0.825 bits per heavy atom. The number of unbranched alkanes of at least 4 members (excludes halogenated alkanes) is 2. The summed E-state index contributed by atoms with van der Waals surface area (Å²) in [6.07, 6.45) is 2.94. The number of aliphatic hydroxyl groups excluding tert-OH is 1. The lowest BCUT2D eigenvalue weighted by molar-refractivity contribution is -0.199. The van der Waals surface area contributed by atoms with E-state index in [-0.39, 0.29) is 42.4 Å². The van der Waals surface area contributed by atoms with E-state index >= 15 is 0 Å². The zero-order valence-corrected chi connectivity index (χ0v) is 37.3. The number of aryl methyl sites for hydroxylation is 1. The first-order valence-electron chi connectivity index (χ1n) is 22.3. The molecule has 2 aromatic rings. The molecule has 16 N–H and O–H groups in total. The molecule has 18 nitrogen and oxygen atoms in total. The van der Waals surface area contributed by atoms with Crippen LogP contribution in [0.4, 0.5) is 5.69 Å². The zero-order chi connectivity index (χ0) is 46.2. The van der Waals surface area contributed by atoms with Gasteiger partial charge in [0.1, 0.15) is 24.2 Å². The molecule has 1 saturated heterocycles. The van der Waals surface area contributed by atoms with Crippen LogP contribution in [0.3, 0.4) is 0 Å². The van der Waals surface area contributed by atoms with Crippen LogP contribution in [0.5, 0.6) is 0 Å². The summed E-state index contributed by atoms with van der Waals surface area (Å²) in [5, 5.41) is 23.2. The summed E-state index contributed by atoms with van der Waals surface area (Å²) in [7, 11) is -0.902. The highest BCUT2D eigenvalue weighted by atomic mass is 16.7. The van der Waals surface area contributed by atoms with Crippen LogP contribution in [0.1, 0.15) is 102 Å². The number of carbonyl (C=O) groups is 5. The average Bonchev–Trinajstić information content (AvgIpc) is 3.61. The Morgan fingerprint density at radius 2 is 1.51 bits per heavy atom. The van der Waals surface area contributed by atoms with Crippen molar-refractivity contribution in [2.75, 3.05) is 18.8 Å². The number of carbonyl (C=O) groups excluding carboxylic acids is 5. The van der Waals surface area contributed by atoms with Crippen LogP contribution in [0.2, 0.25) is 0 Å². The number of hydrogen-bond acceptors (Lipinski definition) is 13. The lowest BCUT2D eigenvalue weighted by Crippen LogP contribution is -2.65.